The van der Waals surface area contributed by atoms with E-state index in [0.29, 0.717) is 12.6 Å². The van der Waals surface area contributed by atoms with Gasteiger partial charge in [0.1, 0.15) is 5.54 Å². The second kappa shape index (κ2) is 3.90. The average molecular weight is 223 g/mol. The number of imidazole rings is 1. The van der Waals surface area contributed by atoms with E-state index in [2.05, 4.69) is 14.9 Å². The average Bonchev–Trinajstić information content (AvgIpc) is 2.95. The maximum Gasteiger partial charge on any atom is 0.323 e. The van der Waals surface area contributed by atoms with Crippen molar-refractivity contribution in [3.63, 3.8) is 0 Å². The van der Waals surface area contributed by atoms with Gasteiger partial charge in [0.2, 0.25) is 0 Å². The SMILES string of the molecule is CC(C)(NCc1cncn1C1CC1)C(=O)O. The zero-order chi connectivity index (χ0) is 11.8. The van der Waals surface area contributed by atoms with E-state index >= 15 is 0 Å². The van der Waals surface area contributed by atoms with Gasteiger partial charge in [0, 0.05) is 18.8 Å². The van der Waals surface area contributed by atoms with Gasteiger partial charge in [0.05, 0.1) is 12.0 Å². The number of rotatable bonds is 5. The number of nitrogens with zero attached hydrogens (tertiary/aromatic N) is 2. The molecule has 0 aromatic carbocycles. The number of carboxylic acids is 1. The summed E-state index contributed by atoms with van der Waals surface area (Å²) in [6.07, 6.45) is 6.02. The Morgan fingerprint density at radius 3 is 2.94 bits per heavy atom. The molecule has 1 fully saturated rings. The Bertz CT molecular complexity index is 394. The predicted octanol–water partition coefficient (Wildman–Crippen LogP) is 1.17. The van der Waals surface area contributed by atoms with Crippen molar-refractivity contribution in [3.8, 4) is 0 Å². The minimum Gasteiger partial charge on any atom is -0.480 e. The zero-order valence-electron chi connectivity index (χ0n) is 9.60. The van der Waals surface area contributed by atoms with Gasteiger partial charge >= 0.3 is 5.97 Å². The Morgan fingerprint density at radius 2 is 2.38 bits per heavy atom. The van der Waals surface area contributed by atoms with E-state index in [1.54, 1.807) is 20.0 Å². The number of hydrogen-bond acceptors (Lipinski definition) is 3. The normalized spacial score (nSPS) is 16.4. The number of nitrogens with one attached hydrogen (secondary N) is 1. The minimum absolute atomic E-state index is 0.538. The second-order valence-corrected chi connectivity index (χ2v) is 4.81. The lowest BCUT2D eigenvalue weighted by Crippen LogP contribution is -2.46. The zero-order valence-corrected chi connectivity index (χ0v) is 9.60. The predicted molar refractivity (Wildman–Crippen MR) is 59.1 cm³/mol. The summed E-state index contributed by atoms with van der Waals surface area (Å²) in [5.74, 6) is -0.843. The maximum atomic E-state index is 10.9. The first-order valence-electron chi connectivity index (χ1n) is 5.50. The fourth-order valence-corrected chi connectivity index (χ4v) is 1.54. The molecule has 1 aromatic rings. The van der Waals surface area contributed by atoms with Crippen molar-refractivity contribution in [2.24, 2.45) is 0 Å². The summed E-state index contributed by atoms with van der Waals surface area (Å²) < 4.78 is 2.13. The van der Waals surface area contributed by atoms with E-state index in [0.717, 1.165) is 5.69 Å². The molecule has 0 amide bonds. The highest BCUT2D eigenvalue weighted by atomic mass is 16.4. The molecular formula is C11H17N3O2. The molecule has 0 unspecified atom stereocenters. The van der Waals surface area contributed by atoms with Crippen LogP contribution in [0.25, 0.3) is 0 Å². The third kappa shape index (κ3) is 2.24. The van der Waals surface area contributed by atoms with Crippen LogP contribution in [0.4, 0.5) is 0 Å². The molecule has 0 bridgehead atoms. The van der Waals surface area contributed by atoms with Crippen LogP contribution < -0.4 is 5.32 Å². The van der Waals surface area contributed by atoms with E-state index in [9.17, 15) is 4.79 Å². The van der Waals surface area contributed by atoms with Crippen molar-refractivity contribution in [2.45, 2.75) is 44.8 Å². The monoisotopic (exact) mass is 223 g/mol. The molecule has 1 heterocycles. The minimum atomic E-state index is -0.904. The van der Waals surface area contributed by atoms with Crippen molar-refractivity contribution in [2.75, 3.05) is 0 Å². The van der Waals surface area contributed by atoms with Crippen LogP contribution in [0.3, 0.4) is 0 Å². The van der Waals surface area contributed by atoms with E-state index in [1.807, 2.05) is 6.33 Å². The molecule has 0 saturated heterocycles. The molecule has 0 aliphatic heterocycles. The van der Waals surface area contributed by atoms with Gasteiger partial charge in [-0.3, -0.25) is 10.1 Å². The van der Waals surface area contributed by atoms with Gasteiger partial charge in [-0.2, -0.15) is 0 Å². The first kappa shape index (κ1) is 11.1. The van der Waals surface area contributed by atoms with Crippen LogP contribution in [-0.4, -0.2) is 26.2 Å². The maximum absolute atomic E-state index is 10.9. The van der Waals surface area contributed by atoms with Crippen LogP contribution in [0.2, 0.25) is 0 Å². The Morgan fingerprint density at radius 1 is 1.69 bits per heavy atom. The molecule has 1 aliphatic rings. The lowest BCUT2D eigenvalue weighted by atomic mass is 10.1. The Hall–Kier alpha value is -1.36. The highest BCUT2D eigenvalue weighted by Gasteiger charge is 2.28. The molecule has 0 spiro atoms. The molecule has 0 radical (unpaired) electrons. The standard InChI is InChI=1S/C11H17N3O2/c1-11(2,10(15)16)13-6-9-5-12-7-14(9)8-3-4-8/h5,7-8,13H,3-4,6H2,1-2H3,(H,15,16). The summed E-state index contributed by atoms with van der Waals surface area (Å²) in [5.41, 5.74) is 0.148. The van der Waals surface area contributed by atoms with Gasteiger partial charge in [-0.25, -0.2) is 4.98 Å². The third-order valence-electron chi connectivity index (χ3n) is 2.93. The van der Waals surface area contributed by atoms with Gasteiger partial charge < -0.3 is 9.67 Å². The molecule has 1 aromatic heterocycles. The topological polar surface area (TPSA) is 67.2 Å². The van der Waals surface area contributed by atoms with E-state index < -0.39 is 11.5 Å². The number of carbonyl (C=O) groups is 1. The second-order valence-electron chi connectivity index (χ2n) is 4.81. The highest BCUT2D eigenvalue weighted by Crippen LogP contribution is 2.35. The summed E-state index contributed by atoms with van der Waals surface area (Å²) in [4.78, 5) is 15.0. The summed E-state index contributed by atoms with van der Waals surface area (Å²) in [7, 11) is 0. The molecule has 2 rings (SSSR count). The molecule has 5 nitrogen and oxygen atoms in total. The Balaban J connectivity index is 1.99. The third-order valence-corrected chi connectivity index (χ3v) is 2.93. The largest absolute Gasteiger partial charge is 0.480 e. The lowest BCUT2D eigenvalue weighted by molar-refractivity contribution is -0.143. The van der Waals surface area contributed by atoms with Crippen molar-refractivity contribution >= 4 is 5.97 Å². The van der Waals surface area contributed by atoms with Crippen molar-refractivity contribution in [1.82, 2.24) is 14.9 Å². The van der Waals surface area contributed by atoms with Crippen molar-refractivity contribution < 1.29 is 9.90 Å². The first-order chi connectivity index (χ1) is 7.50. The van der Waals surface area contributed by atoms with Crippen molar-refractivity contribution in [1.29, 1.82) is 0 Å². The number of hydrogen-bond donors (Lipinski definition) is 2. The summed E-state index contributed by atoms with van der Waals surface area (Å²) in [6, 6.07) is 0.576. The molecule has 16 heavy (non-hydrogen) atoms. The fourth-order valence-electron chi connectivity index (χ4n) is 1.54. The number of carboxylic acid groups (broad SMARTS) is 1. The molecule has 0 atom stereocenters. The van der Waals surface area contributed by atoms with Crippen LogP contribution in [0.15, 0.2) is 12.5 Å². The summed E-state index contributed by atoms with van der Waals surface area (Å²) >= 11 is 0. The summed E-state index contributed by atoms with van der Waals surface area (Å²) in [6.45, 7) is 3.86. The van der Waals surface area contributed by atoms with E-state index in [4.69, 9.17) is 5.11 Å². The van der Waals surface area contributed by atoms with Gasteiger partial charge in [-0.1, -0.05) is 0 Å². The van der Waals surface area contributed by atoms with Crippen LogP contribution in [-0.2, 0) is 11.3 Å². The van der Waals surface area contributed by atoms with E-state index in [-0.39, 0.29) is 0 Å². The highest BCUT2D eigenvalue weighted by molar-refractivity contribution is 5.77. The number of aliphatic carboxylic acids is 1. The number of aromatic nitrogens is 2. The Kier molecular flexibility index (Phi) is 2.71. The van der Waals surface area contributed by atoms with Gasteiger partial charge in [0.25, 0.3) is 0 Å². The quantitative estimate of drug-likeness (QED) is 0.786. The lowest BCUT2D eigenvalue weighted by Gasteiger charge is -2.21. The first-order valence-corrected chi connectivity index (χ1v) is 5.50. The molecular weight excluding hydrogens is 206 g/mol. The van der Waals surface area contributed by atoms with Crippen molar-refractivity contribution in [3.05, 3.63) is 18.2 Å². The van der Waals surface area contributed by atoms with Gasteiger partial charge in [-0.15, -0.1) is 0 Å². The van der Waals surface area contributed by atoms with Crippen LogP contribution in [0.5, 0.6) is 0 Å². The van der Waals surface area contributed by atoms with Crippen LogP contribution in [0.1, 0.15) is 38.4 Å². The van der Waals surface area contributed by atoms with Gasteiger partial charge in [0.15, 0.2) is 0 Å². The van der Waals surface area contributed by atoms with Crippen LogP contribution >= 0.6 is 0 Å². The molecule has 2 N–H and O–H groups in total. The smallest absolute Gasteiger partial charge is 0.323 e. The summed E-state index contributed by atoms with van der Waals surface area (Å²) in [5, 5.41) is 12.0. The molecule has 5 heteroatoms. The fraction of sp³-hybridized carbons (Fsp3) is 0.636. The van der Waals surface area contributed by atoms with Crippen LogP contribution in [0, 0.1) is 0 Å². The Labute approximate surface area is 94.5 Å². The van der Waals surface area contributed by atoms with E-state index in [1.165, 1.54) is 12.8 Å². The molecule has 88 valence electrons. The molecule has 1 aliphatic carbocycles. The molecule has 1 saturated carbocycles. The van der Waals surface area contributed by atoms with Gasteiger partial charge in [-0.05, 0) is 26.7 Å².